The van der Waals surface area contributed by atoms with Gasteiger partial charge in [0.1, 0.15) is 11.6 Å². The molecule has 1 fully saturated rings. The van der Waals surface area contributed by atoms with E-state index >= 15 is 0 Å². The Hall–Kier alpha value is -3.03. The zero-order valence-electron chi connectivity index (χ0n) is 20.5. The molecular formula is C28H33FN4O2. The smallest absolute Gasteiger partial charge is 0.261 e. The molecule has 0 amide bonds. The predicted octanol–water partition coefficient (Wildman–Crippen LogP) is 4.74. The first-order valence-electron chi connectivity index (χ1n) is 12.6. The summed E-state index contributed by atoms with van der Waals surface area (Å²) >= 11 is 0. The molecule has 2 aromatic carbocycles. The highest BCUT2D eigenvalue weighted by Gasteiger charge is 2.22. The molecule has 7 heteroatoms. The van der Waals surface area contributed by atoms with Gasteiger partial charge in [0.25, 0.3) is 5.56 Å². The minimum Gasteiger partial charge on any atom is -0.383 e. The molecule has 0 unspecified atom stereocenters. The van der Waals surface area contributed by atoms with Gasteiger partial charge in [-0.05, 0) is 60.2 Å². The van der Waals surface area contributed by atoms with Crippen LogP contribution in [0.3, 0.4) is 0 Å². The fraction of sp³-hybridized carbons (Fsp3) is 0.429. The second-order valence-electron chi connectivity index (χ2n) is 9.72. The number of aromatic nitrogens is 2. The molecule has 0 spiro atoms. The van der Waals surface area contributed by atoms with Crippen LogP contribution in [0.5, 0.6) is 0 Å². The largest absolute Gasteiger partial charge is 0.383 e. The second kappa shape index (κ2) is 10.3. The Labute approximate surface area is 205 Å². The van der Waals surface area contributed by atoms with Crippen LogP contribution in [-0.2, 0) is 11.3 Å². The number of halogens is 1. The maximum Gasteiger partial charge on any atom is 0.261 e. The molecule has 2 aliphatic heterocycles. The molecule has 1 N–H and O–H groups in total. The molecule has 0 bridgehead atoms. The van der Waals surface area contributed by atoms with Crippen molar-refractivity contribution in [2.45, 2.75) is 39.2 Å². The molecule has 3 heterocycles. The summed E-state index contributed by atoms with van der Waals surface area (Å²) in [6.45, 7) is 9.97. The first-order valence-corrected chi connectivity index (χ1v) is 12.6. The minimum absolute atomic E-state index is 0.179. The van der Waals surface area contributed by atoms with Gasteiger partial charge in [-0.2, -0.15) is 0 Å². The summed E-state index contributed by atoms with van der Waals surface area (Å²) in [5.41, 5.74) is 4.16. The van der Waals surface area contributed by atoms with Crippen LogP contribution < -0.4 is 10.9 Å². The van der Waals surface area contributed by atoms with Crippen molar-refractivity contribution in [3.63, 3.8) is 0 Å². The molecule has 35 heavy (non-hydrogen) atoms. The molecule has 1 saturated heterocycles. The Morgan fingerprint density at radius 1 is 1.14 bits per heavy atom. The SMILES string of the molecule is CC(C)c1ccc(/C=C2\CCn3c2nc2cc(NCCCN4CCOCC4)c(F)cc2c3=O)cc1. The van der Waals surface area contributed by atoms with Gasteiger partial charge in [-0.15, -0.1) is 0 Å². The average Bonchev–Trinajstić information content (AvgIpc) is 3.26. The van der Waals surface area contributed by atoms with E-state index < -0.39 is 5.82 Å². The molecule has 184 valence electrons. The van der Waals surface area contributed by atoms with Crippen LogP contribution in [0.1, 0.15) is 49.6 Å². The summed E-state index contributed by atoms with van der Waals surface area (Å²) in [4.78, 5) is 20.3. The van der Waals surface area contributed by atoms with E-state index in [0.29, 0.717) is 41.4 Å². The molecule has 0 atom stereocenters. The molecule has 0 saturated carbocycles. The summed E-state index contributed by atoms with van der Waals surface area (Å²) in [5, 5.41) is 3.53. The highest BCUT2D eigenvalue weighted by molar-refractivity contribution is 5.86. The summed E-state index contributed by atoms with van der Waals surface area (Å²) in [7, 11) is 0. The zero-order valence-corrected chi connectivity index (χ0v) is 20.5. The van der Waals surface area contributed by atoms with E-state index in [1.54, 1.807) is 10.6 Å². The van der Waals surface area contributed by atoms with Gasteiger partial charge in [0.05, 0.1) is 29.8 Å². The van der Waals surface area contributed by atoms with E-state index in [2.05, 4.69) is 54.4 Å². The molecule has 5 rings (SSSR count). The van der Waals surface area contributed by atoms with Crippen molar-refractivity contribution in [1.82, 2.24) is 14.5 Å². The van der Waals surface area contributed by atoms with Crippen LogP contribution in [0.2, 0.25) is 0 Å². The van der Waals surface area contributed by atoms with Crippen molar-refractivity contribution in [3.8, 4) is 0 Å². The van der Waals surface area contributed by atoms with Gasteiger partial charge in [0.2, 0.25) is 0 Å². The maximum atomic E-state index is 14.8. The number of morpholine rings is 1. The van der Waals surface area contributed by atoms with Crippen molar-refractivity contribution in [2.75, 3.05) is 44.7 Å². The van der Waals surface area contributed by atoms with Gasteiger partial charge in [0, 0.05) is 26.2 Å². The normalized spacial score (nSPS) is 17.4. The minimum atomic E-state index is -0.415. The summed E-state index contributed by atoms with van der Waals surface area (Å²) in [5.74, 6) is 0.751. The molecule has 0 aliphatic carbocycles. The van der Waals surface area contributed by atoms with Crippen molar-refractivity contribution < 1.29 is 9.13 Å². The zero-order chi connectivity index (χ0) is 24.4. The number of anilines is 1. The number of ether oxygens (including phenoxy) is 1. The van der Waals surface area contributed by atoms with Gasteiger partial charge >= 0.3 is 0 Å². The number of nitrogens with one attached hydrogen (secondary N) is 1. The van der Waals surface area contributed by atoms with Crippen molar-refractivity contribution in [1.29, 1.82) is 0 Å². The van der Waals surface area contributed by atoms with Crippen molar-refractivity contribution >= 4 is 28.2 Å². The van der Waals surface area contributed by atoms with Gasteiger partial charge in [0.15, 0.2) is 0 Å². The predicted molar refractivity (Wildman–Crippen MR) is 139 cm³/mol. The molecule has 3 aromatic rings. The van der Waals surface area contributed by atoms with Gasteiger partial charge in [-0.3, -0.25) is 14.3 Å². The lowest BCUT2D eigenvalue weighted by Gasteiger charge is -2.26. The summed E-state index contributed by atoms with van der Waals surface area (Å²) in [6.07, 6.45) is 3.75. The van der Waals surface area contributed by atoms with E-state index in [1.165, 1.54) is 11.6 Å². The monoisotopic (exact) mass is 476 g/mol. The second-order valence-corrected chi connectivity index (χ2v) is 9.72. The van der Waals surface area contributed by atoms with E-state index in [0.717, 1.165) is 56.8 Å². The molecule has 2 aliphatic rings. The lowest BCUT2D eigenvalue weighted by molar-refractivity contribution is 0.0378. The fourth-order valence-corrected chi connectivity index (χ4v) is 4.84. The van der Waals surface area contributed by atoms with E-state index in [1.807, 2.05) is 0 Å². The van der Waals surface area contributed by atoms with Crippen molar-refractivity contribution in [2.24, 2.45) is 0 Å². The van der Waals surface area contributed by atoms with Crippen LogP contribution in [-0.4, -0.2) is 53.8 Å². The highest BCUT2D eigenvalue weighted by atomic mass is 19.1. The number of allylic oxidation sites excluding steroid dienone is 1. The first kappa shape index (κ1) is 23.7. The molecule has 6 nitrogen and oxygen atoms in total. The Kier molecular flexibility index (Phi) is 6.97. The number of fused-ring (bicyclic) bond motifs is 2. The van der Waals surface area contributed by atoms with Gasteiger partial charge in [-0.25, -0.2) is 9.37 Å². The molecular weight excluding hydrogens is 443 g/mol. The van der Waals surface area contributed by atoms with Crippen LogP contribution >= 0.6 is 0 Å². The number of hydrogen-bond donors (Lipinski definition) is 1. The van der Waals surface area contributed by atoms with Crippen LogP contribution in [0.25, 0.3) is 22.6 Å². The van der Waals surface area contributed by atoms with Crippen LogP contribution in [0.4, 0.5) is 10.1 Å². The number of rotatable bonds is 7. The summed E-state index contributed by atoms with van der Waals surface area (Å²) in [6, 6.07) is 11.5. The molecule has 1 aromatic heterocycles. The first-order chi connectivity index (χ1) is 17.0. The average molecular weight is 477 g/mol. The topological polar surface area (TPSA) is 59.4 Å². The lowest BCUT2D eigenvalue weighted by Crippen LogP contribution is -2.37. The van der Waals surface area contributed by atoms with E-state index in [4.69, 9.17) is 9.72 Å². The standard InChI is InChI=1S/C28H33FN4O2/c1-19(2)21-6-4-20(5-7-21)16-22-8-11-33-27(22)31-25-18-26(24(29)17-23(25)28(33)34)30-9-3-10-32-12-14-35-15-13-32/h4-7,16-19,30H,3,8-15H2,1-2H3/b22-16+. The van der Waals surface area contributed by atoms with Crippen LogP contribution in [0, 0.1) is 5.82 Å². The fourth-order valence-electron chi connectivity index (χ4n) is 4.84. The van der Waals surface area contributed by atoms with Gasteiger partial charge in [-0.1, -0.05) is 38.1 Å². The number of hydrogen-bond acceptors (Lipinski definition) is 5. The molecule has 0 radical (unpaired) electrons. The number of nitrogens with zero attached hydrogens (tertiary/aromatic N) is 3. The summed E-state index contributed by atoms with van der Waals surface area (Å²) < 4.78 is 21.9. The van der Waals surface area contributed by atoms with Crippen molar-refractivity contribution in [3.05, 3.63) is 69.5 Å². The lowest BCUT2D eigenvalue weighted by atomic mass is 10.0. The Morgan fingerprint density at radius 2 is 1.91 bits per heavy atom. The number of benzene rings is 2. The Bertz CT molecular complexity index is 1290. The third kappa shape index (κ3) is 5.16. The third-order valence-electron chi connectivity index (χ3n) is 6.95. The quantitative estimate of drug-likeness (QED) is 0.500. The Balaban J connectivity index is 1.36. The Morgan fingerprint density at radius 3 is 2.66 bits per heavy atom. The van der Waals surface area contributed by atoms with E-state index in [-0.39, 0.29) is 5.56 Å². The van der Waals surface area contributed by atoms with E-state index in [9.17, 15) is 9.18 Å². The third-order valence-corrected chi connectivity index (χ3v) is 6.95. The van der Waals surface area contributed by atoms with Crippen LogP contribution in [0.15, 0.2) is 41.2 Å². The highest BCUT2D eigenvalue weighted by Crippen LogP contribution is 2.29. The van der Waals surface area contributed by atoms with Gasteiger partial charge < -0.3 is 10.1 Å². The maximum absolute atomic E-state index is 14.8.